The molecule has 0 radical (unpaired) electrons. The summed E-state index contributed by atoms with van der Waals surface area (Å²) in [4.78, 5) is 11.1. The van der Waals surface area contributed by atoms with Crippen LogP contribution in [0.5, 0.6) is 5.75 Å². The van der Waals surface area contributed by atoms with E-state index in [0.717, 1.165) is 11.1 Å². The van der Waals surface area contributed by atoms with Crippen molar-refractivity contribution in [3.8, 4) is 5.75 Å². The average Bonchev–Trinajstić information content (AvgIpc) is 2.33. The molecular formula is C14H20O5S. The highest BCUT2D eigenvalue weighted by atomic mass is 32.2. The largest absolute Gasteiger partial charge is 0.466 e. The lowest BCUT2D eigenvalue weighted by atomic mass is 10.1. The van der Waals surface area contributed by atoms with Gasteiger partial charge in [0.05, 0.1) is 12.4 Å². The number of rotatable bonds is 7. The molecule has 0 fully saturated rings. The van der Waals surface area contributed by atoms with Crippen LogP contribution in [0.25, 0.3) is 0 Å². The summed E-state index contributed by atoms with van der Waals surface area (Å²) in [5.74, 6) is -0.269. The maximum atomic E-state index is 11.8. The number of esters is 1. The van der Waals surface area contributed by atoms with Gasteiger partial charge in [-0.2, -0.15) is 8.42 Å². The number of hydrogen-bond acceptors (Lipinski definition) is 5. The Morgan fingerprint density at radius 2 is 1.95 bits per heavy atom. The summed E-state index contributed by atoms with van der Waals surface area (Å²) < 4.78 is 33.5. The molecule has 5 nitrogen and oxygen atoms in total. The van der Waals surface area contributed by atoms with Gasteiger partial charge in [0.25, 0.3) is 0 Å². The van der Waals surface area contributed by atoms with E-state index in [9.17, 15) is 13.2 Å². The molecule has 0 aliphatic rings. The Morgan fingerprint density at radius 3 is 2.60 bits per heavy atom. The van der Waals surface area contributed by atoms with Crippen molar-refractivity contribution in [2.75, 3.05) is 12.4 Å². The molecule has 0 unspecified atom stereocenters. The van der Waals surface area contributed by atoms with E-state index in [2.05, 4.69) is 0 Å². The van der Waals surface area contributed by atoms with Crippen molar-refractivity contribution in [3.05, 3.63) is 29.3 Å². The fourth-order valence-electron chi connectivity index (χ4n) is 1.60. The van der Waals surface area contributed by atoms with E-state index in [4.69, 9.17) is 8.92 Å². The second kappa shape index (κ2) is 7.28. The molecule has 0 N–H and O–H groups in total. The molecule has 0 saturated heterocycles. The standard InChI is InChI=1S/C14H20O5S/c1-4-18-14(15)6-5-9-20(16,17)19-13-10-11(2)7-8-12(13)3/h7-8,10H,4-6,9H2,1-3H3. The first-order chi connectivity index (χ1) is 9.34. The van der Waals surface area contributed by atoms with Gasteiger partial charge in [-0.25, -0.2) is 0 Å². The van der Waals surface area contributed by atoms with Crippen LogP contribution in [0.2, 0.25) is 0 Å². The minimum atomic E-state index is -3.69. The summed E-state index contributed by atoms with van der Waals surface area (Å²) in [7, 11) is -3.69. The first-order valence-corrected chi connectivity index (χ1v) is 8.07. The van der Waals surface area contributed by atoms with Crippen molar-refractivity contribution in [1.29, 1.82) is 0 Å². The summed E-state index contributed by atoms with van der Waals surface area (Å²) in [6, 6.07) is 5.37. The van der Waals surface area contributed by atoms with Crippen molar-refractivity contribution in [2.45, 2.75) is 33.6 Å². The predicted octanol–water partition coefficient (Wildman–Crippen LogP) is 2.36. The van der Waals surface area contributed by atoms with Crippen LogP contribution >= 0.6 is 0 Å². The van der Waals surface area contributed by atoms with Crippen LogP contribution in [0.3, 0.4) is 0 Å². The lowest BCUT2D eigenvalue weighted by Gasteiger charge is -2.10. The lowest BCUT2D eigenvalue weighted by molar-refractivity contribution is -0.143. The highest BCUT2D eigenvalue weighted by Gasteiger charge is 2.15. The van der Waals surface area contributed by atoms with Crippen LogP contribution in [-0.4, -0.2) is 26.7 Å². The Balaban J connectivity index is 2.57. The molecule has 0 saturated carbocycles. The van der Waals surface area contributed by atoms with E-state index >= 15 is 0 Å². The molecule has 1 rings (SSSR count). The number of carbonyl (C=O) groups is 1. The van der Waals surface area contributed by atoms with Gasteiger partial charge in [-0.1, -0.05) is 12.1 Å². The quantitative estimate of drug-likeness (QED) is 0.571. The lowest BCUT2D eigenvalue weighted by Crippen LogP contribution is -2.16. The molecule has 6 heteroatoms. The summed E-state index contributed by atoms with van der Waals surface area (Å²) in [6.45, 7) is 5.64. The third kappa shape index (κ3) is 5.61. The van der Waals surface area contributed by atoms with Crippen molar-refractivity contribution >= 4 is 16.1 Å². The molecule has 0 atom stereocenters. The predicted molar refractivity (Wildman–Crippen MR) is 76.2 cm³/mol. The minimum Gasteiger partial charge on any atom is -0.466 e. The Morgan fingerprint density at radius 1 is 1.25 bits per heavy atom. The van der Waals surface area contributed by atoms with Crippen LogP contribution in [0.15, 0.2) is 18.2 Å². The second-order valence-corrected chi connectivity index (χ2v) is 6.21. The summed E-state index contributed by atoms with van der Waals surface area (Å²) in [6.07, 6.45) is 0.259. The molecular weight excluding hydrogens is 280 g/mol. The number of ether oxygens (including phenoxy) is 1. The molecule has 0 aliphatic heterocycles. The molecule has 0 aliphatic carbocycles. The zero-order valence-corrected chi connectivity index (χ0v) is 12.8. The Hall–Kier alpha value is -1.56. The first-order valence-electron chi connectivity index (χ1n) is 6.49. The SMILES string of the molecule is CCOC(=O)CCCS(=O)(=O)Oc1cc(C)ccc1C. The van der Waals surface area contributed by atoms with Crippen LogP contribution < -0.4 is 4.18 Å². The Labute approximate surface area is 120 Å². The smallest absolute Gasteiger partial charge is 0.309 e. The maximum Gasteiger partial charge on any atom is 0.309 e. The third-order valence-corrected chi connectivity index (χ3v) is 3.86. The van der Waals surface area contributed by atoms with Gasteiger partial charge in [0.2, 0.25) is 0 Å². The van der Waals surface area contributed by atoms with Gasteiger partial charge < -0.3 is 8.92 Å². The number of carbonyl (C=O) groups excluding carboxylic acids is 1. The fourth-order valence-corrected chi connectivity index (χ4v) is 2.64. The van der Waals surface area contributed by atoms with Crippen LogP contribution in [0, 0.1) is 13.8 Å². The van der Waals surface area contributed by atoms with Crippen molar-refractivity contribution in [1.82, 2.24) is 0 Å². The van der Waals surface area contributed by atoms with Gasteiger partial charge in [-0.3, -0.25) is 4.79 Å². The van der Waals surface area contributed by atoms with E-state index in [-0.39, 0.29) is 18.6 Å². The topological polar surface area (TPSA) is 69.7 Å². The molecule has 0 spiro atoms. The Bertz CT molecular complexity index is 563. The highest BCUT2D eigenvalue weighted by molar-refractivity contribution is 7.87. The van der Waals surface area contributed by atoms with Gasteiger partial charge in [0.15, 0.2) is 0 Å². The van der Waals surface area contributed by atoms with Gasteiger partial charge >= 0.3 is 16.1 Å². The zero-order valence-electron chi connectivity index (χ0n) is 12.0. The van der Waals surface area contributed by atoms with Gasteiger partial charge in [0, 0.05) is 6.42 Å². The number of benzene rings is 1. The maximum absolute atomic E-state index is 11.8. The monoisotopic (exact) mass is 300 g/mol. The zero-order chi connectivity index (χ0) is 15.2. The van der Waals surface area contributed by atoms with E-state index < -0.39 is 16.1 Å². The number of hydrogen-bond donors (Lipinski definition) is 0. The van der Waals surface area contributed by atoms with Crippen LogP contribution in [0.1, 0.15) is 30.9 Å². The third-order valence-electron chi connectivity index (χ3n) is 2.64. The van der Waals surface area contributed by atoms with E-state index in [1.807, 2.05) is 13.0 Å². The van der Waals surface area contributed by atoms with Crippen LogP contribution in [-0.2, 0) is 19.6 Å². The Kier molecular flexibility index (Phi) is 6.01. The average molecular weight is 300 g/mol. The van der Waals surface area contributed by atoms with E-state index in [1.165, 1.54) is 0 Å². The molecule has 112 valence electrons. The second-order valence-electron chi connectivity index (χ2n) is 4.52. The van der Waals surface area contributed by atoms with Gasteiger partial charge in [-0.05, 0) is 44.4 Å². The minimum absolute atomic E-state index is 0.0726. The summed E-state index contributed by atoms with van der Waals surface area (Å²) in [5.41, 5.74) is 1.68. The fraction of sp³-hybridized carbons (Fsp3) is 0.500. The van der Waals surface area contributed by atoms with Crippen molar-refractivity contribution in [2.24, 2.45) is 0 Å². The van der Waals surface area contributed by atoms with Gasteiger partial charge in [-0.15, -0.1) is 0 Å². The van der Waals surface area contributed by atoms with E-state index in [0.29, 0.717) is 12.4 Å². The van der Waals surface area contributed by atoms with Crippen molar-refractivity contribution in [3.63, 3.8) is 0 Å². The molecule has 20 heavy (non-hydrogen) atoms. The highest BCUT2D eigenvalue weighted by Crippen LogP contribution is 2.21. The first kappa shape index (κ1) is 16.5. The van der Waals surface area contributed by atoms with Gasteiger partial charge in [0.1, 0.15) is 5.75 Å². The molecule has 1 aromatic carbocycles. The molecule has 0 bridgehead atoms. The molecule has 1 aromatic rings. The molecule has 0 heterocycles. The summed E-state index contributed by atoms with van der Waals surface area (Å²) in [5, 5.41) is 0. The van der Waals surface area contributed by atoms with Crippen LogP contribution in [0.4, 0.5) is 0 Å². The van der Waals surface area contributed by atoms with E-state index in [1.54, 1.807) is 26.0 Å². The molecule has 0 aromatic heterocycles. The normalized spacial score (nSPS) is 11.2. The molecule has 0 amide bonds. The number of aryl methyl sites for hydroxylation is 2. The van der Waals surface area contributed by atoms with Crippen molar-refractivity contribution < 1.29 is 22.1 Å². The summed E-state index contributed by atoms with van der Waals surface area (Å²) >= 11 is 0.